The molecule has 0 spiro atoms. The molecule has 0 saturated heterocycles. The number of allylic oxidation sites excluding steroid dienone is 1. The second kappa shape index (κ2) is 5.10. The third-order valence-electron chi connectivity index (χ3n) is 1.50. The molecule has 0 aliphatic carbocycles. The molecule has 0 fully saturated rings. The van der Waals surface area contributed by atoms with Gasteiger partial charge in [-0.25, -0.2) is 0 Å². The fourth-order valence-corrected chi connectivity index (χ4v) is 0.664. The maximum absolute atomic E-state index is 9.05. The van der Waals surface area contributed by atoms with Gasteiger partial charge in [0.1, 0.15) is 24.1 Å². The summed E-state index contributed by atoms with van der Waals surface area (Å²) in [5.74, 6) is -0.435. The molecule has 72 valence electrons. The Morgan fingerprint density at radius 3 is 2.17 bits per heavy atom. The molecule has 0 aromatic carbocycles. The summed E-state index contributed by atoms with van der Waals surface area (Å²) in [4.78, 5) is 0. The molecule has 12 heavy (non-hydrogen) atoms. The Morgan fingerprint density at radius 2 is 1.83 bits per heavy atom. The highest BCUT2D eigenvalue weighted by Gasteiger charge is 2.26. The van der Waals surface area contributed by atoms with Gasteiger partial charge in [0.15, 0.2) is 0 Å². The van der Waals surface area contributed by atoms with Crippen molar-refractivity contribution in [3.8, 4) is 0 Å². The summed E-state index contributed by atoms with van der Waals surface area (Å²) < 4.78 is 0. The van der Waals surface area contributed by atoms with E-state index in [-0.39, 0.29) is 0 Å². The SMILES string of the molecule is CC=C(O)[C@H](O)[C@@H](O)[C@H](O)CO. The molecule has 0 radical (unpaired) electrons. The molecule has 0 aromatic rings. The van der Waals surface area contributed by atoms with Crippen molar-refractivity contribution in [2.24, 2.45) is 0 Å². The van der Waals surface area contributed by atoms with E-state index in [2.05, 4.69) is 0 Å². The molecule has 3 atom stereocenters. The molecule has 0 bridgehead atoms. The lowest BCUT2D eigenvalue weighted by Gasteiger charge is -2.20. The Bertz CT molecular complexity index is 156. The molecular formula is C7H14O5. The molecular weight excluding hydrogens is 164 g/mol. The quantitative estimate of drug-likeness (QED) is 0.338. The van der Waals surface area contributed by atoms with Gasteiger partial charge in [-0.1, -0.05) is 0 Å². The van der Waals surface area contributed by atoms with Gasteiger partial charge in [-0.05, 0) is 13.0 Å². The Labute approximate surface area is 70.2 Å². The highest BCUT2D eigenvalue weighted by Crippen LogP contribution is 2.06. The van der Waals surface area contributed by atoms with Crippen LogP contribution in [0.3, 0.4) is 0 Å². The van der Waals surface area contributed by atoms with Crippen molar-refractivity contribution in [2.45, 2.75) is 25.2 Å². The van der Waals surface area contributed by atoms with E-state index in [4.69, 9.17) is 25.5 Å². The first-order valence-corrected chi connectivity index (χ1v) is 3.54. The van der Waals surface area contributed by atoms with Crippen molar-refractivity contribution >= 4 is 0 Å². The minimum absolute atomic E-state index is 0.435. The fraction of sp³-hybridized carbons (Fsp3) is 0.714. The number of hydrogen-bond acceptors (Lipinski definition) is 5. The lowest BCUT2D eigenvalue weighted by Crippen LogP contribution is -2.40. The largest absolute Gasteiger partial charge is 0.510 e. The van der Waals surface area contributed by atoms with E-state index < -0.39 is 30.7 Å². The molecule has 0 unspecified atom stereocenters. The van der Waals surface area contributed by atoms with Crippen molar-refractivity contribution in [2.75, 3.05) is 6.61 Å². The van der Waals surface area contributed by atoms with Crippen LogP contribution in [0.15, 0.2) is 11.8 Å². The van der Waals surface area contributed by atoms with Gasteiger partial charge in [-0.15, -0.1) is 0 Å². The number of aliphatic hydroxyl groups excluding tert-OH is 5. The number of hydrogen-bond donors (Lipinski definition) is 5. The molecule has 5 heteroatoms. The topological polar surface area (TPSA) is 101 Å². The van der Waals surface area contributed by atoms with Gasteiger partial charge in [0, 0.05) is 0 Å². The van der Waals surface area contributed by atoms with E-state index in [1.807, 2.05) is 0 Å². The predicted octanol–water partition coefficient (Wildman–Crippen LogP) is -1.48. The summed E-state index contributed by atoms with van der Waals surface area (Å²) in [6.07, 6.45) is -3.40. The minimum atomic E-state index is -1.58. The Hall–Kier alpha value is -0.620. The highest BCUT2D eigenvalue weighted by molar-refractivity contribution is 5.00. The zero-order valence-electron chi connectivity index (χ0n) is 6.75. The third-order valence-corrected chi connectivity index (χ3v) is 1.50. The van der Waals surface area contributed by atoms with Gasteiger partial charge in [0.2, 0.25) is 0 Å². The summed E-state index contributed by atoms with van der Waals surface area (Å²) in [6.45, 7) is 0.797. The Balaban J connectivity index is 4.18. The van der Waals surface area contributed by atoms with E-state index >= 15 is 0 Å². The normalized spacial score (nSPS) is 20.2. The van der Waals surface area contributed by atoms with Crippen LogP contribution >= 0.6 is 0 Å². The van der Waals surface area contributed by atoms with Crippen LogP contribution in [0.25, 0.3) is 0 Å². The van der Waals surface area contributed by atoms with Crippen molar-refractivity contribution in [1.82, 2.24) is 0 Å². The van der Waals surface area contributed by atoms with Gasteiger partial charge in [-0.2, -0.15) is 0 Å². The van der Waals surface area contributed by atoms with Crippen molar-refractivity contribution in [1.29, 1.82) is 0 Å². The average Bonchev–Trinajstić information content (AvgIpc) is 2.12. The highest BCUT2D eigenvalue weighted by atomic mass is 16.4. The standard InChI is InChI=1S/C7H14O5/c1-2-4(9)6(11)7(12)5(10)3-8/h2,5-12H,3H2,1H3/t5-,6+,7+/m1/s1. The molecule has 0 aliphatic heterocycles. The van der Waals surface area contributed by atoms with Gasteiger partial charge in [0.05, 0.1) is 6.61 Å². The maximum Gasteiger partial charge on any atom is 0.139 e. The molecule has 0 saturated carbocycles. The lowest BCUT2D eigenvalue weighted by molar-refractivity contribution is -0.0741. The van der Waals surface area contributed by atoms with E-state index in [9.17, 15) is 0 Å². The average molecular weight is 178 g/mol. The van der Waals surface area contributed by atoms with Gasteiger partial charge in [0.25, 0.3) is 0 Å². The third kappa shape index (κ3) is 2.78. The Morgan fingerprint density at radius 1 is 1.33 bits per heavy atom. The van der Waals surface area contributed by atoms with E-state index in [0.717, 1.165) is 0 Å². The fourth-order valence-electron chi connectivity index (χ4n) is 0.664. The summed E-state index contributed by atoms with van der Waals surface area (Å²) in [5, 5.41) is 44.2. The van der Waals surface area contributed by atoms with Crippen LogP contribution in [0.5, 0.6) is 0 Å². The first-order valence-electron chi connectivity index (χ1n) is 3.54. The molecule has 5 N–H and O–H groups in total. The second-order valence-corrected chi connectivity index (χ2v) is 2.40. The molecule has 0 aliphatic rings. The van der Waals surface area contributed by atoms with E-state index in [1.165, 1.54) is 13.0 Å². The first kappa shape index (κ1) is 11.4. The molecule has 0 heterocycles. The second-order valence-electron chi connectivity index (χ2n) is 2.40. The lowest BCUT2D eigenvalue weighted by atomic mass is 10.1. The molecule has 0 aromatic heterocycles. The van der Waals surface area contributed by atoms with Crippen LogP contribution in [0.4, 0.5) is 0 Å². The first-order chi connectivity index (χ1) is 5.54. The zero-order chi connectivity index (χ0) is 9.72. The van der Waals surface area contributed by atoms with Crippen LogP contribution < -0.4 is 0 Å². The van der Waals surface area contributed by atoms with Crippen molar-refractivity contribution < 1.29 is 25.5 Å². The number of rotatable bonds is 4. The van der Waals surface area contributed by atoms with Gasteiger partial charge < -0.3 is 25.5 Å². The van der Waals surface area contributed by atoms with E-state index in [0.29, 0.717) is 0 Å². The van der Waals surface area contributed by atoms with E-state index in [1.54, 1.807) is 0 Å². The van der Waals surface area contributed by atoms with Gasteiger partial charge >= 0.3 is 0 Å². The Kier molecular flexibility index (Phi) is 4.84. The monoisotopic (exact) mass is 178 g/mol. The zero-order valence-corrected chi connectivity index (χ0v) is 6.75. The maximum atomic E-state index is 9.05. The number of aliphatic hydroxyl groups is 5. The summed E-state index contributed by atoms with van der Waals surface area (Å²) >= 11 is 0. The summed E-state index contributed by atoms with van der Waals surface area (Å²) in [7, 11) is 0. The van der Waals surface area contributed by atoms with Crippen molar-refractivity contribution in [3.05, 3.63) is 11.8 Å². The minimum Gasteiger partial charge on any atom is -0.510 e. The smallest absolute Gasteiger partial charge is 0.139 e. The molecule has 0 rings (SSSR count). The summed E-state index contributed by atoms with van der Waals surface area (Å²) in [6, 6.07) is 0. The van der Waals surface area contributed by atoms with Crippen LogP contribution in [-0.4, -0.2) is 50.5 Å². The van der Waals surface area contributed by atoms with Gasteiger partial charge in [-0.3, -0.25) is 0 Å². The van der Waals surface area contributed by atoms with Crippen LogP contribution in [-0.2, 0) is 0 Å². The molecule has 5 nitrogen and oxygen atoms in total. The van der Waals surface area contributed by atoms with Crippen LogP contribution in [0, 0.1) is 0 Å². The molecule has 0 amide bonds. The van der Waals surface area contributed by atoms with Crippen LogP contribution in [0.2, 0.25) is 0 Å². The van der Waals surface area contributed by atoms with Crippen molar-refractivity contribution in [3.63, 3.8) is 0 Å². The summed E-state index contributed by atoms with van der Waals surface area (Å²) in [5.41, 5.74) is 0. The van der Waals surface area contributed by atoms with Crippen LogP contribution in [0.1, 0.15) is 6.92 Å². The predicted molar refractivity (Wildman–Crippen MR) is 41.5 cm³/mol.